The molecule has 1 fully saturated rings. The van der Waals surface area contributed by atoms with Crippen molar-refractivity contribution in [2.75, 3.05) is 35.6 Å². The summed E-state index contributed by atoms with van der Waals surface area (Å²) in [7, 11) is 0. The van der Waals surface area contributed by atoms with Crippen molar-refractivity contribution in [3.05, 3.63) is 77.9 Å². The second-order valence-corrected chi connectivity index (χ2v) is 11.0. The van der Waals surface area contributed by atoms with E-state index in [9.17, 15) is 14.4 Å². The lowest BCUT2D eigenvalue weighted by molar-refractivity contribution is -0.116. The average Bonchev–Trinajstić information content (AvgIpc) is 3.02. The Morgan fingerprint density at radius 3 is 2.07 bits per heavy atom. The average molecular weight is 586 g/mol. The summed E-state index contributed by atoms with van der Waals surface area (Å²) >= 11 is 0. The first-order valence-electron chi connectivity index (χ1n) is 15.2. The van der Waals surface area contributed by atoms with Crippen LogP contribution in [-0.4, -0.2) is 48.4 Å². The maximum Gasteiger partial charge on any atom is 0.319 e. The van der Waals surface area contributed by atoms with Crippen molar-refractivity contribution in [3.63, 3.8) is 0 Å². The maximum absolute atomic E-state index is 12.8. The highest BCUT2D eigenvalue weighted by atomic mass is 16.5. The number of nitrogens with one attached hydrogen (secondary N) is 4. The number of hydrogen-bond donors (Lipinski definition) is 4. The van der Waals surface area contributed by atoms with E-state index in [1.165, 1.54) is 19.3 Å². The predicted molar refractivity (Wildman–Crippen MR) is 172 cm³/mol. The van der Waals surface area contributed by atoms with E-state index >= 15 is 0 Å². The third kappa shape index (κ3) is 9.85. The first-order valence-corrected chi connectivity index (χ1v) is 15.2. The number of amides is 4. The zero-order valence-electron chi connectivity index (χ0n) is 25.4. The molecule has 1 aliphatic heterocycles. The van der Waals surface area contributed by atoms with Gasteiger partial charge in [-0.1, -0.05) is 20.3 Å². The third-order valence-electron chi connectivity index (χ3n) is 7.63. The van der Waals surface area contributed by atoms with Gasteiger partial charge in [0, 0.05) is 41.6 Å². The third-order valence-corrected chi connectivity index (χ3v) is 7.63. The Kier molecular flexibility index (Phi) is 11.6. The van der Waals surface area contributed by atoms with E-state index in [1.54, 1.807) is 54.6 Å². The molecule has 1 saturated heterocycles. The standard InChI is InChI=1S/C34H43N5O4/c1-4-26(5-2)37-34(42)38-28-13-16-30(17-14-28)43-31-18-15-29(23-24(31)3)36-33(41)25-9-11-27(12-10-25)35-32(40)19-22-39-20-7-6-8-21-39/h9-18,23,26H,4-8,19-22H2,1-3H3,(H,35,40)(H,36,41)(H2,37,38,42). The fourth-order valence-electron chi connectivity index (χ4n) is 4.99. The molecular formula is C34H43N5O4. The molecule has 43 heavy (non-hydrogen) atoms. The zero-order chi connectivity index (χ0) is 30.6. The van der Waals surface area contributed by atoms with Crippen molar-refractivity contribution in [3.8, 4) is 11.5 Å². The second kappa shape index (κ2) is 15.7. The topological polar surface area (TPSA) is 112 Å². The van der Waals surface area contributed by atoms with E-state index in [-0.39, 0.29) is 23.9 Å². The number of rotatable bonds is 12. The molecule has 9 nitrogen and oxygen atoms in total. The molecule has 0 atom stereocenters. The van der Waals surface area contributed by atoms with Crippen molar-refractivity contribution in [1.29, 1.82) is 0 Å². The molecule has 4 rings (SSSR count). The Morgan fingerprint density at radius 1 is 0.791 bits per heavy atom. The second-order valence-electron chi connectivity index (χ2n) is 11.0. The van der Waals surface area contributed by atoms with Gasteiger partial charge >= 0.3 is 6.03 Å². The van der Waals surface area contributed by atoms with Crippen LogP contribution in [0.1, 0.15) is 68.3 Å². The summed E-state index contributed by atoms with van der Waals surface area (Å²) in [4.78, 5) is 39.7. The van der Waals surface area contributed by atoms with E-state index in [0.29, 0.717) is 40.5 Å². The van der Waals surface area contributed by atoms with Crippen molar-refractivity contribution >= 4 is 34.9 Å². The summed E-state index contributed by atoms with van der Waals surface area (Å²) in [5, 5.41) is 11.6. The van der Waals surface area contributed by atoms with Gasteiger partial charge in [-0.05, 0) is 118 Å². The van der Waals surface area contributed by atoms with Crippen LogP contribution in [0.4, 0.5) is 21.9 Å². The minimum Gasteiger partial charge on any atom is -0.457 e. The summed E-state index contributed by atoms with van der Waals surface area (Å²) < 4.78 is 6.03. The molecule has 3 aromatic rings. The fraction of sp³-hybridized carbons (Fsp3) is 0.382. The van der Waals surface area contributed by atoms with Crippen LogP contribution in [0.15, 0.2) is 66.7 Å². The van der Waals surface area contributed by atoms with Gasteiger partial charge < -0.3 is 30.9 Å². The van der Waals surface area contributed by atoms with Crippen molar-refractivity contribution < 1.29 is 19.1 Å². The molecule has 0 spiro atoms. The van der Waals surface area contributed by atoms with Gasteiger partial charge in [0.25, 0.3) is 5.91 Å². The number of aryl methyl sites for hydroxylation is 1. The Morgan fingerprint density at radius 2 is 1.42 bits per heavy atom. The first-order chi connectivity index (χ1) is 20.8. The molecule has 1 aliphatic rings. The van der Waals surface area contributed by atoms with Crippen molar-refractivity contribution in [2.24, 2.45) is 0 Å². The van der Waals surface area contributed by atoms with Crippen LogP contribution in [0.5, 0.6) is 11.5 Å². The Hall–Kier alpha value is -4.37. The van der Waals surface area contributed by atoms with E-state index in [1.807, 2.05) is 32.9 Å². The summed E-state index contributed by atoms with van der Waals surface area (Å²) in [6.07, 6.45) is 5.91. The Bertz CT molecular complexity index is 1360. The van der Waals surface area contributed by atoms with Crippen molar-refractivity contribution in [2.45, 2.75) is 65.3 Å². The SMILES string of the molecule is CCC(CC)NC(=O)Nc1ccc(Oc2ccc(NC(=O)c3ccc(NC(=O)CCN4CCCCC4)cc3)cc2C)cc1. The van der Waals surface area contributed by atoms with Crippen LogP contribution >= 0.6 is 0 Å². The largest absolute Gasteiger partial charge is 0.457 e. The summed E-state index contributed by atoms with van der Waals surface area (Å²) in [5.74, 6) is 1.02. The molecule has 4 N–H and O–H groups in total. The van der Waals surface area contributed by atoms with Crippen LogP contribution in [0.25, 0.3) is 0 Å². The Balaban J connectivity index is 1.25. The molecule has 1 heterocycles. The van der Waals surface area contributed by atoms with Gasteiger partial charge in [-0.25, -0.2) is 4.79 Å². The fourth-order valence-corrected chi connectivity index (χ4v) is 4.99. The Labute approximate surface area is 254 Å². The summed E-state index contributed by atoms with van der Waals surface area (Å²) in [6, 6.07) is 19.4. The van der Waals surface area contributed by atoms with Crippen LogP contribution in [0.2, 0.25) is 0 Å². The van der Waals surface area contributed by atoms with Crippen LogP contribution in [0.3, 0.4) is 0 Å². The van der Waals surface area contributed by atoms with Gasteiger partial charge in [0.15, 0.2) is 0 Å². The lowest BCUT2D eigenvalue weighted by Gasteiger charge is -2.25. The predicted octanol–water partition coefficient (Wildman–Crippen LogP) is 7.16. The summed E-state index contributed by atoms with van der Waals surface area (Å²) in [5.41, 5.74) is 3.34. The van der Waals surface area contributed by atoms with E-state index in [0.717, 1.165) is 38.0 Å². The summed E-state index contributed by atoms with van der Waals surface area (Å²) in [6.45, 7) is 8.91. The molecule has 9 heteroatoms. The van der Waals surface area contributed by atoms with Gasteiger partial charge in [0.05, 0.1) is 0 Å². The van der Waals surface area contributed by atoms with Crippen LogP contribution < -0.4 is 26.0 Å². The molecular weight excluding hydrogens is 542 g/mol. The smallest absolute Gasteiger partial charge is 0.319 e. The maximum atomic E-state index is 12.8. The van der Waals surface area contributed by atoms with E-state index in [4.69, 9.17) is 4.74 Å². The highest BCUT2D eigenvalue weighted by Gasteiger charge is 2.13. The quantitative estimate of drug-likeness (QED) is 0.180. The lowest BCUT2D eigenvalue weighted by atomic mass is 10.1. The van der Waals surface area contributed by atoms with Gasteiger partial charge in [0.2, 0.25) is 5.91 Å². The van der Waals surface area contributed by atoms with Gasteiger partial charge in [-0.2, -0.15) is 0 Å². The minimum atomic E-state index is -0.243. The molecule has 0 aliphatic carbocycles. The number of ether oxygens (including phenoxy) is 1. The lowest BCUT2D eigenvalue weighted by Crippen LogP contribution is -2.37. The molecule has 0 radical (unpaired) electrons. The number of carbonyl (C=O) groups excluding carboxylic acids is 3. The van der Waals surface area contributed by atoms with Crippen LogP contribution in [-0.2, 0) is 4.79 Å². The number of likely N-dealkylation sites (tertiary alicyclic amines) is 1. The normalized spacial score (nSPS) is 13.3. The van der Waals surface area contributed by atoms with Gasteiger partial charge in [-0.3, -0.25) is 9.59 Å². The van der Waals surface area contributed by atoms with Crippen molar-refractivity contribution in [1.82, 2.24) is 10.2 Å². The number of anilines is 3. The number of urea groups is 1. The molecule has 0 aromatic heterocycles. The number of hydrogen-bond acceptors (Lipinski definition) is 5. The van der Waals surface area contributed by atoms with Crippen LogP contribution in [0, 0.1) is 6.92 Å². The van der Waals surface area contributed by atoms with Gasteiger partial charge in [-0.15, -0.1) is 0 Å². The highest BCUT2D eigenvalue weighted by molar-refractivity contribution is 6.04. The molecule has 0 saturated carbocycles. The van der Waals surface area contributed by atoms with E-state index < -0.39 is 0 Å². The zero-order valence-corrected chi connectivity index (χ0v) is 25.4. The molecule has 0 unspecified atom stereocenters. The number of carbonyl (C=O) groups is 3. The molecule has 4 amide bonds. The molecule has 0 bridgehead atoms. The number of benzene rings is 3. The molecule has 3 aromatic carbocycles. The molecule has 228 valence electrons. The monoisotopic (exact) mass is 585 g/mol. The first kappa shape index (κ1) is 31.6. The minimum absolute atomic E-state index is 0.0203. The number of piperidine rings is 1. The highest BCUT2D eigenvalue weighted by Crippen LogP contribution is 2.28. The van der Waals surface area contributed by atoms with E-state index in [2.05, 4.69) is 26.2 Å². The van der Waals surface area contributed by atoms with Gasteiger partial charge in [0.1, 0.15) is 11.5 Å². The number of nitrogens with zero attached hydrogens (tertiary/aromatic N) is 1.